The maximum absolute atomic E-state index is 6.39. The lowest BCUT2D eigenvalue weighted by Crippen LogP contribution is -2.53. The van der Waals surface area contributed by atoms with Crippen LogP contribution < -0.4 is 20.0 Å². The summed E-state index contributed by atoms with van der Waals surface area (Å²) >= 11 is 3.84. The minimum Gasteiger partial charge on any atom is -0.464 e. The van der Waals surface area contributed by atoms with Crippen LogP contribution in [0.4, 0.5) is 28.4 Å². The van der Waals surface area contributed by atoms with Gasteiger partial charge in [-0.25, -0.2) is 0 Å². The number of para-hydroxylation sites is 4. The van der Waals surface area contributed by atoms with Gasteiger partial charge in [0.1, 0.15) is 22.3 Å². The molecule has 0 bridgehead atoms. The summed E-state index contributed by atoms with van der Waals surface area (Å²) in [6.07, 6.45) is 10.2. The zero-order valence-electron chi connectivity index (χ0n) is 51.1. The highest BCUT2D eigenvalue weighted by Gasteiger charge is 2.46. The van der Waals surface area contributed by atoms with Crippen molar-refractivity contribution >= 4 is 122 Å². The molecule has 0 atom stereocenters. The van der Waals surface area contributed by atoms with E-state index in [-0.39, 0.29) is 23.0 Å². The van der Waals surface area contributed by atoms with Gasteiger partial charge in [-0.1, -0.05) is 153 Å². The van der Waals surface area contributed by atoms with E-state index in [0.717, 1.165) is 111 Å². The van der Waals surface area contributed by atoms with Crippen LogP contribution in [0.5, 0.6) is 0 Å². The monoisotopic (exact) mass is 1180 g/mol. The fraction of sp³-hybridized carbons (Fsp3) is 0.165. The predicted molar refractivity (Wildman–Crippen MR) is 372 cm³/mol. The van der Waals surface area contributed by atoms with E-state index in [2.05, 4.69) is 243 Å². The van der Waals surface area contributed by atoms with Crippen LogP contribution in [0.2, 0.25) is 0 Å². The quantitative estimate of drug-likeness (QED) is 0.141. The molecule has 9 heteroatoms. The van der Waals surface area contributed by atoms with Crippen molar-refractivity contribution in [1.29, 1.82) is 0 Å². The van der Waals surface area contributed by atoms with Gasteiger partial charge in [0.05, 0.1) is 30.7 Å². The molecule has 9 aromatic carbocycles. The zero-order chi connectivity index (χ0) is 60.1. The Morgan fingerprint density at radius 1 is 0.420 bits per heavy atom. The molecule has 2 aliphatic rings. The van der Waals surface area contributed by atoms with Crippen LogP contribution in [0.1, 0.15) is 84.6 Å². The SMILES string of the molecule is Cc1cc(C(C)(C)C)ccc1SC1=CN(c2cc(-c3coc4ccccc34)cc(-c3coc4ccccc34)c2)c2cc(C(C)(C)C)cc3c2B1c1sc2ccc(C(C)(C)C)cc2c1N3c1cc(-c2coc3ccccc23)cc(-c2coc3ccccc23)c1. The van der Waals surface area contributed by atoms with E-state index in [9.17, 15) is 0 Å². The Labute approximate surface area is 521 Å². The highest BCUT2D eigenvalue weighted by molar-refractivity contribution is 8.05. The lowest BCUT2D eigenvalue weighted by atomic mass is 9.40. The van der Waals surface area contributed by atoms with Gasteiger partial charge in [-0.2, -0.15) is 0 Å². The summed E-state index contributed by atoms with van der Waals surface area (Å²) in [6, 6.07) is 66.9. The highest BCUT2D eigenvalue weighted by Crippen LogP contribution is 2.53. The largest absolute Gasteiger partial charge is 0.464 e. The van der Waals surface area contributed by atoms with Crippen LogP contribution in [0.25, 0.3) is 98.5 Å². The molecule has 0 aliphatic carbocycles. The van der Waals surface area contributed by atoms with Crippen molar-refractivity contribution in [2.75, 3.05) is 9.80 Å². The fourth-order valence-electron chi connectivity index (χ4n) is 13.4. The Hall–Kier alpha value is -9.15. The molecule has 0 amide bonds. The number of nitrogens with zero attached hydrogens (tertiary/aromatic N) is 2. The van der Waals surface area contributed by atoms with Gasteiger partial charge in [-0.3, -0.25) is 0 Å². The van der Waals surface area contributed by atoms with E-state index in [1.807, 2.05) is 72.4 Å². The van der Waals surface area contributed by atoms with Crippen LogP contribution in [0.15, 0.2) is 241 Å². The van der Waals surface area contributed by atoms with Crippen LogP contribution in [0.3, 0.4) is 0 Å². The van der Waals surface area contributed by atoms with Gasteiger partial charge in [0.15, 0.2) is 0 Å². The minimum atomic E-state index is -0.268. The van der Waals surface area contributed by atoms with E-state index in [1.165, 1.54) is 58.0 Å². The van der Waals surface area contributed by atoms with Crippen molar-refractivity contribution in [3.05, 3.63) is 240 Å². The molecule has 430 valence electrons. The van der Waals surface area contributed by atoms with Crippen molar-refractivity contribution < 1.29 is 17.7 Å². The Balaban J connectivity index is 1.02. The van der Waals surface area contributed by atoms with Gasteiger partial charge >= 0.3 is 0 Å². The zero-order valence-corrected chi connectivity index (χ0v) is 52.8. The second-order valence-electron chi connectivity index (χ2n) is 27.1. The van der Waals surface area contributed by atoms with Crippen LogP contribution in [-0.2, 0) is 16.2 Å². The van der Waals surface area contributed by atoms with Gasteiger partial charge < -0.3 is 27.5 Å². The Morgan fingerprint density at radius 2 is 0.852 bits per heavy atom. The molecular formula is C79H65BN2O4S2. The molecule has 0 saturated carbocycles. The standard InChI is InChI=1S/C79H65BN2O4S2/c1-46-31-51(77(2,3)4)27-29-71(46)87-73-41-81(54-34-47(61-42-83-67-23-15-11-19-56(61)67)32-48(35-54)62-43-84-68-24-16-12-20-57(62)68)65-39-53(79(8,9)10)40-66-74(65)80(73)76-75(60-38-52(78(5,6)7)28-30-72(60)88-76)82(66)55-36-49(63-44-85-69-25-17-13-21-58(63)69)33-50(37-55)64-45-86-70-26-18-14-22-59(64)70/h11-45H,1-10H3. The number of aryl methyl sites for hydroxylation is 1. The molecule has 0 spiro atoms. The van der Waals surface area contributed by atoms with Crippen LogP contribution in [0, 0.1) is 6.92 Å². The van der Waals surface area contributed by atoms with E-state index in [4.69, 9.17) is 17.7 Å². The minimum absolute atomic E-state index is 0.00584. The summed E-state index contributed by atoms with van der Waals surface area (Å²) in [5.74, 6) is 0. The molecule has 0 saturated heterocycles. The molecule has 7 heterocycles. The Bertz CT molecular complexity index is 5010. The number of thiophene rings is 1. The number of rotatable bonds is 8. The van der Waals surface area contributed by atoms with Crippen LogP contribution in [-0.4, -0.2) is 6.71 Å². The molecular weight excluding hydrogens is 1120 g/mol. The number of furan rings is 4. The van der Waals surface area contributed by atoms with Crippen molar-refractivity contribution in [1.82, 2.24) is 0 Å². The van der Waals surface area contributed by atoms with Gasteiger partial charge in [0.25, 0.3) is 6.71 Å². The first-order valence-electron chi connectivity index (χ1n) is 30.4. The van der Waals surface area contributed by atoms with Gasteiger partial charge in [0.2, 0.25) is 0 Å². The molecule has 14 aromatic rings. The second-order valence-corrected chi connectivity index (χ2v) is 29.3. The molecule has 0 fully saturated rings. The third-order valence-electron chi connectivity index (χ3n) is 18.2. The molecule has 0 N–H and O–H groups in total. The number of anilines is 5. The van der Waals surface area contributed by atoms with Crippen LogP contribution >= 0.6 is 23.1 Å². The highest BCUT2D eigenvalue weighted by atomic mass is 32.2. The lowest BCUT2D eigenvalue weighted by molar-refractivity contribution is 0.589. The van der Waals surface area contributed by atoms with Gasteiger partial charge in [-0.15, -0.1) is 23.1 Å². The molecule has 2 aliphatic heterocycles. The predicted octanol–water partition coefficient (Wildman–Crippen LogP) is 22.5. The first kappa shape index (κ1) is 54.3. The van der Waals surface area contributed by atoms with E-state index >= 15 is 0 Å². The first-order valence-corrected chi connectivity index (χ1v) is 32.0. The summed E-state index contributed by atoms with van der Waals surface area (Å²) < 4.78 is 28.1. The third-order valence-corrected chi connectivity index (χ3v) is 20.7. The van der Waals surface area contributed by atoms with Crippen molar-refractivity contribution in [2.45, 2.75) is 90.4 Å². The molecule has 6 nitrogen and oxygen atoms in total. The first-order chi connectivity index (χ1) is 42.4. The topological polar surface area (TPSA) is 59.0 Å². The van der Waals surface area contributed by atoms with Crippen molar-refractivity contribution in [3.8, 4) is 44.5 Å². The smallest absolute Gasteiger partial charge is 0.272 e. The number of fused-ring (bicyclic) bond motifs is 8. The Morgan fingerprint density at radius 3 is 1.32 bits per heavy atom. The van der Waals surface area contributed by atoms with Gasteiger partial charge in [-0.05, 0) is 169 Å². The number of benzene rings is 9. The normalized spacial score (nSPS) is 13.6. The molecule has 16 rings (SSSR count). The number of hydrogen-bond acceptors (Lipinski definition) is 8. The van der Waals surface area contributed by atoms with Crippen molar-refractivity contribution in [3.63, 3.8) is 0 Å². The van der Waals surface area contributed by atoms with E-state index in [0.29, 0.717) is 0 Å². The molecule has 5 aromatic heterocycles. The average Bonchev–Trinajstić information content (AvgIpc) is 1.31. The number of thioether (sulfide) groups is 1. The lowest BCUT2D eigenvalue weighted by Gasteiger charge is -2.43. The van der Waals surface area contributed by atoms with Gasteiger partial charge in [0, 0.05) is 92.5 Å². The molecule has 0 unspecified atom stereocenters. The van der Waals surface area contributed by atoms with E-state index in [1.54, 1.807) is 0 Å². The summed E-state index contributed by atoms with van der Waals surface area (Å²) in [5.41, 5.74) is 23.2. The van der Waals surface area contributed by atoms with Crippen molar-refractivity contribution in [2.24, 2.45) is 0 Å². The second kappa shape index (κ2) is 19.9. The summed E-state index contributed by atoms with van der Waals surface area (Å²) in [7, 11) is 0. The number of hydrogen-bond donors (Lipinski definition) is 0. The average molecular weight is 1180 g/mol. The molecule has 0 radical (unpaired) electrons. The summed E-state index contributed by atoms with van der Waals surface area (Å²) in [4.78, 5) is 7.62. The summed E-state index contributed by atoms with van der Waals surface area (Å²) in [6.45, 7) is 23.1. The summed E-state index contributed by atoms with van der Waals surface area (Å²) in [5, 5.41) is 5.49. The van der Waals surface area contributed by atoms with E-state index < -0.39 is 0 Å². The maximum Gasteiger partial charge on any atom is 0.272 e. The Kier molecular flexibility index (Phi) is 12.3. The molecule has 88 heavy (non-hydrogen) atoms. The third kappa shape index (κ3) is 8.90. The maximum atomic E-state index is 6.39. The fourth-order valence-corrected chi connectivity index (χ4v) is 15.9.